The number of aryl methyl sites for hydroxylation is 1. The average Bonchev–Trinajstić information content (AvgIpc) is 3.19. The van der Waals surface area contributed by atoms with Crippen LogP contribution in [0, 0.1) is 24.2 Å². The predicted molar refractivity (Wildman–Crippen MR) is 118 cm³/mol. The molecule has 7 nitrogen and oxygen atoms in total. The molecule has 2 N–H and O–H groups in total. The van der Waals surface area contributed by atoms with Gasteiger partial charge in [0.25, 0.3) is 0 Å². The second-order valence-corrected chi connectivity index (χ2v) is 9.14. The van der Waals surface area contributed by atoms with Gasteiger partial charge in [-0.2, -0.15) is 5.26 Å². The van der Waals surface area contributed by atoms with Gasteiger partial charge in [0.15, 0.2) is 0 Å². The van der Waals surface area contributed by atoms with Gasteiger partial charge < -0.3 is 10.3 Å². The monoisotopic (exact) mass is 411 g/mol. The molecule has 1 aliphatic heterocycles. The molecular weight excluding hydrogens is 386 g/mol. The highest BCUT2D eigenvalue weighted by atomic mass is 15.4. The van der Waals surface area contributed by atoms with Crippen LogP contribution in [0.25, 0.3) is 16.6 Å². The van der Waals surface area contributed by atoms with Gasteiger partial charge >= 0.3 is 0 Å². The Labute approximate surface area is 180 Å². The highest BCUT2D eigenvalue weighted by Crippen LogP contribution is 2.43. The summed E-state index contributed by atoms with van der Waals surface area (Å²) >= 11 is 0. The third kappa shape index (κ3) is 3.19. The number of nitrogens with zero attached hydrogens (tertiary/aromatic N) is 5. The minimum absolute atomic E-state index is 0.445. The van der Waals surface area contributed by atoms with E-state index in [1.54, 1.807) is 6.33 Å². The number of hydrogen-bond donors (Lipinski definition) is 2. The Kier molecular flexibility index (Phi) is 4.29. The van der Waals surface area contributed by atoms with Crippen molar-refractivity contribution in [3.05, 3.63) is 59.2 Å². The molecule has 2 unspecified atom stereocenters. The first-order chi connectivity index (χ1) is 15.2. The summed E-state index contributed by atoms with van der Waals surface area (Å²) in [6.07, 6.45) is 9.72. The maximum absolute atomic E-state index is 9.08. The van der Waals surface area contributed by atoms with E-state index in [-0.39, 0.29) is 0 Å². The number of aromatic amines is 1. The zero-order valence-electron chi connectivity index (χ0n) is 17.5. The molecule has 156 valence electrons. The van der Waals surface area contributed by atoms with Crippen LogP contribution in [0.4, 0.5) is 0 Å². The Morgan fingerprint density at radius 1 is 1.19 bits per heavy atom. The molecule has 4 aromatic rings. The Bertz CT molecular complexity index is 1300. The maximum Gasteiger partial charge on any atom is 0.141 e. The van der Waals surface area contributed by atoms with Crippen molar-refractivity contribution in [3.8, 4) is 6.07 Å². The van der Waals surface area contributed by atoms with Gasteiger partial charge in [-0.05, 0) is 74.3 Å². The minimum Gasteiger partial charge on any atom is -0.346 e. The Morgan fingerprint density at radius 2 is 2.06 bits per heavy atom. The molecule has 0 amide bonds. The van der Waals surface area contributed by atoms with Crippen molar-refractivity contribution in [2.24, 2.45) is 5.92 Å². The molecule has 6 rings (SSSR count). The fraction of sp³-hybridized carbons (Fsp3) is 0.417. The van der Waals surface area contributed by atoms with Gasteiger partial charge in [-0.3, -0.25) is 0 Å². The summed E-state index contributed by atoms with van der Waals surface area (Å²) in [6.45, 7) is 2.11. The number of H-pyrrole nitrogens is 1. The van der Waals surface area contributed by atoms with Crippen LogP contribution in [-0.4, -0.2) is 30.8 Å². The van der Waals surface area contributed by atoms with Crippen LogP contribution in [0.15, 0.2) is 36.8 Å². The molecule has 4 heterocycles. The van der Waals surface area contributed by atoms with Crippen molar-refractivity contribution in [1.29, 1.82) is 5.26 Å². The standard InChI is InChI=1S/C24H25N7/c1-14-10-16(12-25)4-7-18(14)22-20(28-22)11-15-2-5-17(6-3-15)21-23-19-8-9-26-24(19)27-13-31(23)30-29-21/h4,7-10,13,15,17,20,22,26,28H,2-3,5-6,11H2,1H3. The Hall–Kier alpha value is -3.24. The molecule has 2 fully saturated rings. The van der Waals surface area contributed by atoms with E-state index in [2.05, 4.69) is 50.7 Å². The van der Waals surface area contributed by atoms with Crippen LogP contribution >= 0.6 is 0 Å². The predicted octanol–water partition coefficient (Wildman–Crippen LogP) is 4.16. The van der Waals surface area contributed by atoms with E-state index in [0.29, 0.717) is 18.0 Å². The molecule has 31 heavy (non-hydrogen) atoms. The van der Waals surface area contributed by atoms with E-state index >= 15 is 0 Å². The lowest BCUT2D eigenvalue weighted by molar-refractivity contribution is 0.306. The molecule has 1 saturated heterocycles. The molecule has 1 aromatic carbocycles. The number of nitriles is 1. The SMILES string of the molecule is Cc1cc(C#N)ccc1C1NC1CC1CCC(c2nnn3cnc4[nH]ccc4c23)CC1. The van der Waals surface area contributed by atoms with E-state index in [0.717, 1.165) is 33.7 Å². The first-order valence-electron chi connectivity index (χ1n) is 11.1. The third-order valence-corrected chi connectivity index (χ3v) is 7.24. The summed E-state index contributed by atoms with van der Waals surface area (Å²) in [4.78, 5) is 7.60. The van der Waals surface area contributed by atoms with E-state index in [9.17, 15) is 0 Å². The first-order valence-corrected chi connectivity index (χ1v) is 11.1. The molecule has 0 bridgehead atoms. The normalized spacial score (nSPS) is 25.7. The second kappa shape index (κ2) is 7.17. The van der Waals surface area contributed by atoms with Crippen LogP contribution in [0.1, 0.15) is 66.4 Å². The number of rotatable bonds is 4. The molecule has 7 heteroatoms. The lowest BCUT2D eigenvalue weighted by atomic mass is 9.78. The molecule has 2 atom stereocenters. The number of aromatic nitrogens is 5. The van der Waals surface area contributed by atoms with Crippen LogP contribution < -0.4 is 5.32 Å². The zero-order chi connectivity index (χ0) is 20.9. The van der Waals surface area contributed by atoms with Crippen molar-refractivity contribution in [2.75, 3.05) is 0 Å². The topological polar surface area (TPSA) is 105 Å². The van der Waals surface area contributed by atoms with Gasteiger partial charge in [0.1, 0.15) is 17.5 Å². The molecule has 1 aliphatic carbocycles. The quantitative estimate of drug-likeness (QED) is 0.491. The minimum atomic E-state index is 0.445. The van der Waals surface area contributed by atoms with Gasteiger partial charge in [0.2, 0.25) is 0 Å². The van der Waals surface area contributed by atoms with E-state index < -0.39 is 0 Å². The zero-order valence-corrected chi connectivity index (χ0v) is 17.5. The molecule has 0 spiro atoms. The summed E-state index contributed by atoms with van der Waals surface area (Å²) in [5.74, 6) is 1.23. The summed E-state index contributed by atoms with van der Waals surface area (Å²) in [7, 11) is 0. The van der Waals surface area contributed by atoms with Gasteiger partial charge in [-0.15, -0.1) is 5.10 Å². The lowest BCUT2D eigenvalue weighted by Gasteiger charge is -2.27. The first kappa shape index (κ1) is 18.5. The summed E-state index contributed by atoms with van der Waals surface area (Å²) in [6, 6.07) is 11.4. The Morgan fingerprint density at radius 3 is 2.87 bits per heavy atom. The highest BCUT2D eigenvalue weighted by molar-refractivity contribution is 5.92. The van der Waals surface area contributed by atoms with Gasteiger partial charge in [-0.1, -0.05) is 11.3 Å². The van der Waals surface area contributed by atoms with Crippen molar-refractivity contribution < 1.29 is 0 Å². The van der Waals surface area contributed by atoms with Crippen molar-refractivity contribution >= 4 is 16.6 Å². The smallest absolute Gasteiger partial charge is 0.141 e. The summed E-state index contributed by atoms with van der Waals surface area (Å²) in [5, 5.41) is 22.7. The largest absolute Gasteiger partial charge is 0.346 e. The summed E-state index contributed by atoms with van der Waals surface area (Å²) < 4.78 is 1.82. The van der Waals surface area contributed by atoms with Crippen molar-refractivity contribution in [1.82, 2.24) is 30.1 Å². The van der Waals surface area contributed by atoms with E-state index in [1.807, 2.05) is 22.8 Å². The molecule has 1 saturated carbocycles. The van der Waals surface area contributed by atoms with Crippen LogP contribution in [0.5, 0.6) is 0 Å². The number of hydrogen-bond acceptors (Lipinski definition) is 5. The summed E-state index contributed by atoms with van der Waals surface area (Å²) in [5.41, 5.74) is 6.43. The van der Waals surface area contributed by atoms with Gasteiger partial charge in [0, 0.05) is 29.6 Å². The number of benzene rings is 1. The van der Waals surface area contributed by atoms with Crippen molar-refractivity contribution in [3.63, 3.8) is 0 Å². The van der Waals surface area contributed by atoms with Gasteiger partial charge in [0.05, 0.1) is 17.3 Å². The van der Waals surface area contributed by atoms with Gasteiger partial charge in [-0.25, -0.2) is 9.50 Å². The maximum atomic E-state index is 9.08. The van der Waals surface area contributed by atoms with E-state index in [4.69, 9.17) is 5.26 Å². The van der Waals surface area contributed by atoms with Crippen LogP contribution in [0.2, 0.25) is 0 Å². The van der Waals surface area contributed by atoms with E-state index in [1.165, 1.54) is 43.2 Å². The molecular formula is C24H25N7. The van der Waals surface area contributed by atoms with Crippen molar-refractivity contribution in [2.45, 2.75) is 57.0 Å². The molecule has 2 aliphatic rings. The van der Waals surface area contributed by atoms with Crippen LogP contribution in [-0.2, 0) is 0 Å². The third-order valence-electron chi connectivity index (χ3n) is 7.24. The number of fused-ring (bicyclic) bond motifs is 3. The highest BCUT2D eigenvalue weighted by Gasteiger charge is 2.40. The fourth-order valence-corrected chi connectivity index (χ4v) is 5.50. The number of nitrogens with one attached hydrogen (secondary N) is 2. The molecule has 0 radical (unpaired) electrons. The average molecular weight is 412 g/mol. The lowest BCUT2D eigenvalue weighted by Crippen LogP contribution is -2.16. The van der Waals surface area contributed by atoms with Crippen LogP contribution in [0.3, 0.4) is 0 Å². The fourth-order valence-electron chi connectivity index (χ4n) is 5.50. The molecule has 3 aromatic heterocycles. The second-order valence-electron chi connectivity index (χ2n) is 9.14. The Balaban J connectivity index is 1.11.